The van der Waals surface area contributed by atoms with Crippen molar-refractivity contribution in [3.8, 4) is 11.5 Å². The fourth-order valence-corrected chi connectivity index (χ4v) is 4.91. The molecule has 3 unspecified atom stereocenters. The summed E-state index contributed by atoms with van der Waals surface area (Å²) in [5.74, 6) is -0.323. The van der Waals surface area contributed by atoms with Crippen molar-refractivity contribution in [2.75, 3.05) is 46.7 Å². The number of ether oxygens (including phenoxy) is 3. The second-order valence-electron chi connectivity index (χ2n) is 8.95. The Morgan fingerprint density at radius 3 is 2.48 bits per heavy atom. The first-order valence-corrected chi connectivity index (χ1v) is 12.1. The molecule has 1 fully saturated rings. The third-order valence-corrected chi connectivity index (χ3v) is 6.73. The van der Waals surface area contributed by atoms with Crippen LogP contribution >= 0.6 is 0 Å². The summed E-state index contributed by atoms with van der Waals surface area (Å²) in [6.07, 6.45) is 4.57. The number of unbranched alkanes of at least 4 members (excludes halogenated alkanes) is 2. The van der Waals surface area contributed by atoms with Gasteiger partial charge in [0.15, 0.2) is 11.5 Å². The second-order valence-corrected chi connectivity index (χ2v) is 8.95. The molecule has 0 saturated carbocycles. The lowest BCUT2D eigenvalue weighted by atomic mass is 9.84. The lowest BCUT2D eigenvalue weighted by Gasteiger charge is -2.29. The van der Waals surface area contributed by atoms with Gasteiger partial charge in [-0.2, -0.15) is 0 Å². The number of fused-ring (bicyclic) bond motifs is 1. The standard InChI is InChI=1S/C25H38N2O6/c1-4-6-11-26(12-7-5-2)23(28)16-27-15-19(24(25(29)30)20(27)10-13-31-3)18-8-9-21-22(14-18)33-17-32-21/h8-9,14,19-20,24H,4-7,10-13,15-17H2,1-3H3,(H,29,30). The van der Waals surface area contributed by atoms with Crippen molar-refractivity contribution >= 4 is 11.9 Å². The van der Waals surface area contributed by atoms with Gasteiger partial charge in [0.2, 0.25) is 12.7 Å². The van der Waals surface area contributed by atoms with Gasteiger partial charge in [-0.15, -0.1) is 0 Å². The molecule has 1 aromatic carbocycles. The highest BCUT2D eigenvalue weighted by Gasteiger charge is 2.47. The number of hydrogen-bond acceptors (Lipinski definition) is 6. The SMILES string of the molecule is CCCCN(CCCC)C(=O)CN1CC(c2ccc3c(c2)OCO3)C(C(=O)O)C1CCOC. The summed E-state index contributed by atoms with van der Waals surface area (Å²) in [6, 6.07) is 5.37. The lowest BCUT2D eigenvalue weighted by molar-refractivity contribution is -0.144. The maximum atomic E-state index is 13.3. The third-order valence-electron chi connectivity index (χ3n) is 6.73. The van der Waals surface area contributed by atoms with E-state index in [1.807, 2.05) is 23.1 Å². The van der Waals surface area contributed by atoms with Gasteiger partial charge in [-0.05, 0) is 37.0 Å². The van der Waals surface area contributed by atoms with E-state index in [0.717, 1.165) is 44.3 Å². The molecule has 1 amide bonds. The minimum absolute atomic E-state index is 0.0785. The van der Waals surface area contributed by atoms with Crippen molar-refractivity contribution < 1.29 is 28.9 Å². The van der Waals surface area contributed by atoms with E-state index in [4.69, 9.17) is 14.2 Å². The van der Waals surface area contributed by atoms with Gasteiger partial charge in [-0.3, -0.25) is 14.5 Å². The van der Waals surface area contributed by atoms with Crippen LogP contribution in [-0.4, -0.2) is 79.5 Å². The number of amides is 1. The Morgan fingerprint density at radius 2 is 1.85 bits per heavy atom. The Bertz CT molecular complexity index is 793. The molecule has 0 radical (unpaired) electrons. The van der Waals surface area contributed by atoms with Crippen LogP contribution in [0.2, 0.25) is 0 Å². The monoisotopic (exact) mass is 462 g/mol. The van der Waals surface area contributed by atoms with Crippen LogP contribution in [0.5, 0.6) is 11.5 Å². The Kier molecular flexibility index (Phi) is 9.38. The Labute approximate surface area is 196 Å². The Hall–Kier alpha value is -2.32. The molecule has 8 heteroatoms. The largest absolute Gasteiger partial charge is 0.481 e. The van der Waals surface area contributed by atoms with Gasteiger partial charge < -0.3 is 24.2 Å². The number of hydrogen-bond donors (Lipinski definition) is 1. The fraction of sp³-hybridized carbons (Fsp3) is 0.680. The molecule has 33 heavy (non-hydrogen) atoms. The van der Waals surface area contributed by atoms with Crippen molar-refractivity contribution in [3.05, 3.63) is 23.8 Å². The minimum atomic E-state index is -0.845. The summed E-state index contributed by atoms with van der Waals surface area (Å²) >= 11 is 0. The van der Waals surface area contributed by atoms with Gasteiger partial charge in [0.25, 0.3) is 0 Å². The van der Waals surface area contributed by atoms with Crippen LogP contribution in [0.4, 0.5) is 0 Å². The predicted octanol–water partition coefficient (Wildman–Crippen LogP) is 3.35. The minimum Gasteiger partial charge on any atom is -0.481 e. The molecule has 0 aliphatic carbocycles. The molecule has 2 aliphatic heterocycles. The van der Waals surface area contributed by atoms with Gasteiger partial charge in [0.05, 0.1) is 12.5 Å². The third kappa shape index (κ3) is 6.18. The number of methoxy groups -OCH3 is 1. The van der Waals surface area contributed by atoms with E-state index in [1.54, 1.807) is 7.11 Å². The highest BCUT2D eigenvalue weighted by Crippen LogP contribution is 2.42. The summed E-state index contributed by atoms with van der Waals surface area (Å²) in [6.45, 7) is 7.10. The van der Waals surface area contributed by atoms with E-state index in [9.17, 15) is 14.7 Å². The quantitative estimate of drug-likeness (QED) is 0.481. The van der Waals surface area contributed by atoms with E-state index in [0.29, 0.717) is 31.1 Å². The Morgan fingerprint density at radius 1 is 1.15 bits per heavy atom. The zero-order valence-corrected chi connectivity index (χ0v) is 20.1. The summed E-state index contributed by atoms with van der Waals surface area (Å²) in [5.41, 5.74) is 0.901. The molecule has 2 aliphatic rings. The average Bonchev–Trinajstić information content (AvgIpc) is 3.41. The van der Waals surface area contributed by atoms with E-state index in [1.165, 1.54) is 0 Å². The first-order valence-electron chi connectivity index (χ1n) is 12.1. The second kappa shape index (κ2) is 12.2. The number of carboxylic acid groups (broad SMARTS) is 1. The molecule has 1 saturated heterocycles. The lowest BCUT2D eigenvalue weighted by Crippen LogP contribution is -2.45. The topological polar surface area (TPSA) is 88.5 Å². The first-order chi connectivity index (χ1) is 16.0. The van der Waals surface area contributed by atoms with Crippen LogP contribution in [0, 0.1) is 5.92 Å². The summed E-state index contributed by atoms with van der Waals surface area (Å²) in [5, 5.41) is 10.2. The number of carbonyl (C=O) groups is 2. The number of nitrogens with zero attached hydrogens (tertiary/aromatic N) is 2. The zero-order valence-electron chi connectivity index (χ0n) is 20.1. The number of likely N-dealkylation sites (tertiary alicyclic amines) is 1. The molecule has 1 aromatic rings. The van der Waals surface area contributed by atoms with Gasteiger partial charge in [0, 0.05) is 45.3 Å². The molecular formula is C25H38N2O6. The molecule has 2 heterocycles. The zero-order chi connectivity index (χ0) is 23.8. The van der Waals surface area contributed by atoms with Crippen molar-refractivity contribution in [3.63, 3.8) is 0 Å². The number of benzene rings is 1. The van der Waals surface area contributed by atoms with Crippen LogP contribution in [0.1, 0.15) is 57.4 Å². The predicted molar refractivity (Wildman–Crippen MR) is 125 cm³/mol. The first kappa shape index (κ1) is 25.3. The van der Waals surface area contributed by atoms with E-state index in [-0.39, 0.29) is 31.2 Å². The Balaban J connectivity index is 1.82. The number of carboxylic acids is 1. The van der Waals surface area contributed by atoms with Crippen LogP contribution < -0.4 is 9.47 Å². The number of aliphatic carboxylic acids is 1. The average molecular weight is 463 g/mol. The fourth-order valence-electron chi connectivity index (χ4n) is 4.91. The van der Waals surface area contributed by atoms with Crippen molar-refractivity contribution in [2.24, 2.45) is 5.92 Å². The number of carbonyl (C=O) groups excluding carboxylic acids is 1. The summed E-state index contributed by atoms with van der Waals surface area (Å²) < 4.78 is 16.2. The molecule has 8 nitrogen and oxygen atoms in total. The van der Waals surface area contributed by atoms with Crippen LogP contribution in [0.25, 0.3) is 0 Å². The highest BCUT2D eigenvalue weighted by molar-refractivity contribution is 5.79. The normalized spacial score (nSPS) is 22.0. The summed E-state index contributed by atoms with van der Waals surface area (Å²) in [7, 11) is 1.62. The highest BCUT2D eigenvalue weighted by atomic mass is 16.7. The number of rotatable bonds is 13. The molecule has 0 bridgehead atoms. The summed E-state index contributed by atoms with van der Waals surface area (Å²) in [4.78, 5) is 29.7. The van der Waals surface area contributed by atoms with Gasteiger partial charge in [0.1, 0.15) is 0 Å². The maximum absolute atomic E-state index is 13.3. The van der Waals surface area contributed by atoms with Crippen molar-refractivity contribution in [1.29, 1.82) is 0 Å². The van der Waals surface area contributed by atoms with Crippen molar-refractivity contribution in [2.45, 2.75) is 57.9 Å². The molecule has 3 atom stereocenters. The maximum Gasteiger partial charge on any atom is 0.308 e. The van der Waals surface area contributed by atoms with E-state index >= 15 is 0 Å². The molecule has 0 aromatic heterocycles. The van der Waals surface area contributed by atoms with Crippen LogP contribution in [0.15, 0.2) is 18.2 Å². The molecule has 0 spiro atoms. The molecular weight excluding hydrogens is 424 g/mol. The van der Waals surface area contributed by atoms with E-state index in [2.05, 4.69) is 18.7 Å². The molecule has 1 N–H and O–H groups in total. The van der Waals surface area contributed by atoms with E-state index < -0.39 is 11.9 Å². The van der Waals surface area contributed by atoms with Crippen molar-refractivity contribution in [1.82, 2.24) is 9.80 Å². The van der Waals surface area contributed by atoms with Gasteiger partial charge in [-0.25, -0.2) is 0 Å². The van der Waals surface area contributed by atoms with Crippen LogP contribution in [-0.2, 0) is 14.3 Å². The van der Waals surface area contributed by atoms with Crippen LogP contribution in [0.3, 0.4) is 0 Å². The molecule has 3 rings (SSSR count). The van der Waals surface area contributed by atoms with Gasteiger partial charge >= 0.3 is 5.97 Å². The van der Waals surface area contributed by atoms with Gasteiger partial charge in [-0.1, -0.05) is 32.8 Å². The smallest absolute Gasteiger partial charge is 0.308 e. The molecule has 184 valence electrons.